The molecule has 148 valence electrons. The Morgan fingerprint density at radius 3 is 2.59 bits per heavy atom. The van der Waals surface area contributed by atoms with Crippen LogP contribution >= 0.6 is 11.3 Å². The Morgan fingerprint density at radius 2 is 1.97 bits per heavy atom. The average Bonchev–Trinajstić information content (AvgIpc) is 3.06. The Hall–Kier alpha value is -3.52. The zero-order valence-electron chi connectivity index (χ0n) is 15.8. The normalized spacial score (nSPS) is 12.2. The summed E-state index contributed by atoms with van der Waals surface area (Å²) in [4.78, 5) is 38.1. The number of hydrogen-bond donors (Lipinski definition) is 1. The lowest BCUT2D eigenvalue weighted by Gasteiger charge is -2.00. The van der Waals surface area contributed by atoms with Gasteiger partial charge in [0.05, 0.1) is 21.2 Å². The van der Waals surface area contributed by atoms with Gasteiger partial charge in [-0.1, -0.05) is 19.1 Å². The number of H-pyrrole nitrogens is 1. The van der Waals surface area contributed by atoms with E-state index < -0.39 is 4.92 Å². The minimum Gasteiger partial charge on any atom is -0.497 e. The first-order valence-electron chi connectivity index (χ1n) is 8.79. The number of ether oxygens (including phenoxy) is 1. The summed E-state index contributed by atoms with van der Waals surface area (Å²) in [6, 6.07) is 11.5. The van der Waals surface area contributed by atoms with Crippen LogP contribution in [0.5, 0.6) is 5.75 Å². The van der Waals surface area contributed by atoms with E-state index in [1.807, 2.05) is 6.92 Å². The van der Waals surface area contributed by atoms with Crippen LogP contribution in [0.4, 0.5) is 5.69 Å². The number of nitro benzene ring substituents is 1. The highest BCUT2D eigenvalue weighted by atomic mass is 32.1. The quantitative estimate of drug-likeness (QED) is 0.382. The highest BCUT2D eigenvalue weighted by Crippen LogP contribution is 2.21. The second kappa shape index (κ2) is 8.66. The first kappa shape index (κ1) is 20.2. The molecule has 3 rings (SSSR count). The minimum absolute atomic E-state index is 0.0238. The number of rotatable bonds is 6. The second-order valence-electron chi connectivity index (χ2n) is 6.16. The molecule has 0 saturated carbocycles. The Labute approximate surface area is 169 Å². The number of carbonyl (C=O) groups is 1. The minimum atomic E-state index is -0.429. The van der Waals surface area contributed by atoms with Gasteiger partial charge in [0, 0.05) is 23.3 Å². The number of aromatic amines is 1. The van der Waals surface area contributed by atoms with Gasteiger partial charge in [0.25, 0.3) is 11.2 Å². The van der Waals surface area contributed by atoms with Gasteiger partial charge in [-0.15, -0.1) is 11.3 Å². The van der Waals surface area contributed by atoms with Crippen LogP contribution in [0.15, 0.2) is 47.3 Å². The van der Waals surface area contributed by atoms with Gasteiger partial charge in [-0.2, -0.15) is 0 Å². The molecule has 1 aromatic heterocycles. The molecule has 3 aromatic rings. The summed E-state index contributed by atoms with van der Waals surface area (Å²) < 4.78 is 5.83. The monoisotopic (exact) mass is 410 g/mol. The number of carbonyl (C=O) groups excluding carboxylic acids is 1. The lowest BCUT2D eigenvalue weighted by molar-refractivity contribution is -0.385. The Kier molecular flexibility index (Phi) is 6.04. The molecular formula is C21H18N2O5S. The number of nitro groups is 1. The molecule has 1 heterocycles. The van der Waals surface area contributed by atoms with Crippen molar-refractivity contribution in [1.29, 1.82) is 0 Å². The van der Waals surface area contributed by atoms with Crippen LogP contribution < -0.4 is 19.5 Å². The highest BCUT2D eigenvalue weighted by molar-refractivity contribution is 7.07. The molecule has 0 spiro atoms. The van der Waals surface area contributed by atoms with Crippen LogP contribution in [0.25, 0.3) is 12.2 Å². The van der Waals surface area contributed by atoms with E-state index in [1.54, 1.807) is 49.6 Å². The fourth-order valence-corrected chi connectivity index (χ4v) is 3.66. The first-order valence-corrected chi connectivity index (χ1v) is 9.61. The molecule has 29 heavy (non-hydrogen) atoms. The van der Waals surface area contributed by atoms with Gasteiger partial charge >= 0.3 is 0 Å². The van der Waals surface area contributed by atoms with E-state index in [2.05, 4.69) is 4.98 Å². The van der Waals surface area contributed by atoms with E-state index in [0.29, 0.717) is 38.1 Å². The molecule has 7 nitrogen and oxygen atoms in total. The van der Waals surface area contributed by atoms with Crippen LogP contribution in [-0.4, -0.2) is 22.8 Å². The Morgan fingerprint density at radius 1 is 1.24 bits per heavy atom. The summed E-state index contributed by atoms with van der Waals surface area (Å²) in [5, 5.41) is 11.2. The standard InChI is InChI=1S/C21H18N2O5S/c1-3-14-5-4-13(10-17(14)23(26)27)11-19-21(25)22-20(29-19)12-18(24)15-6-8-16(28-2)9-7-15/h4-12H,3H2,1-2H3,(H,22,25)/b19-11-,20-12-. The third-order valence-electron chi connectivity index (χ3n) is 4.30. The van der Waals surface area contributed by atoms with Gasteiger partial charge in [0.1, 0.15) is 5.75 Å². The lowest BCUT2D eigenvalue weighted by atomic mass is 10.1. The third-order valence-corrected chi connectivity index (χ3v) is 5.26. The molecule has 0 radical (unpaired) electrons. The first-order chi connectivity index (χ1) is 13.9. The van der Waals surface area contributed by atoms with E-state index in [4.69, 9.17) is 4.74 Å². The van der Waals surface area contributed by atoms with Crippen molar-refractivity contribution in [2.24, 2.45) is 0 Å². The van der Waals surface area contributed by atoms with Crippen molar-refractivity contribution in [1.82, 2.24) is 4.98 Å². The molecule has 0 fully saturated rings. The Bertz CT molecular complexity index is 1240. The van der Waals surface area contributed by atoms with E-state index in [-0.39, 0.29) is 17.0 Å². The van der Waals surface area contributed by atoms with Gasteiger partial charge in [0.2, 0.25) is 0 Å². The molecule has 2 aromatic carbocycles. The molecule has 0 aliphatic rings. The van der Waals surface area contributed by atoms with Crippen molar-refractivity contribution >= 4 is 35.0 Å². The van der Waals surface area contributed by atoms with Crippen molar-refractivity contribution in [2.75, 3.05) is 7.11 Å². The van der Waals surface area contributed by atoms with Crippen LogP contribution in [0.2, 0.25) is 0 Å². The lowest BCUT2D eigenvalue weighted by Crippen LogP contribution is -2.20. The van der Waals surface area contributed by atoms with E-state index >= 15 is 0 Å². The number of Topliss-reactive ketones (excluding diaryl/α,β-unsaturated/α-hetero) is 1. The summed E-state index contributed by atoms with van der Waals surface area (Å²) in [5.41, 5.74) is 1.32. The smallest absolute Gasteiger partial charge is 0.273 e. The van der Waals surface area contributed by atoms with Gasteiger partial charge in [-0.3, -0.25) is 19.7 Å². The van der Waals surface area contributed by atoms with Gasteiger partial charge < -0.3 is 9.72 Å². The summed E-state index contributed by atoms with van der Waals surface area (Å²) >= 11 is 1.11. The van der Waals surface area contributed by atoms with E-state index in [9.17, 15) is 19.7 Å². The molecule has 0 atom stereocenters. The van der Waals surface area contributed by atoms with Crippen LogP contribution in [0.3, 0.4) is 0 Å². The molecule has 0 aliphatic carbocycles. The maximum Gasteiger partial charge on any atom is 0.273 e. The molecule has 0 unspecified atom stereocenters. The molecule has 0 aliphatic heterocycles. The fourth-order valence-electron chi connectivity index (χ4n) is 2.77. The number of nitrogens with zero attached hydrogens (tertiary/aromatic N) is 1. The van der Waals surface area contributed by atoms with Crippen LogP contribution in [0.1, 0.15) is 28.4 Å². The number of thiazole rings is 1. The number of benzene rings is 2. The maximum absolute atomic E-state index is 12.4. The molecule has 0 amide bonds. The molecule has 0 bridgehead atoms. The van der Waals surface area contributed by atoms with Crippen LogP contribution in [-0.2, 0) is 6.42 Å². The predicted molar refractivity (Wildman–Crippen MR) is 112 cm³/mol. The Balaban J connectivity index is 1.96. The number of aryl methyl sites for hydroxylation is 1. The van der Waals surface area contributed by atoms with E-state index in [0.717, 1.165) is 11.3 Å². The zero-order valence-corrected chi connectivity index (χ0v) is 16.6. The van der Waals surface area contributed by atoms with Crippen molar-refractivity contribution in [3.05, 3.63) is 88.8 Å². The summed E-state index contributed by atoms with van der Waals surface area (Å²) in [7, 11) is 1.54. The predicted octanol–water partition coefficient (Wildman–Crippen LogP) is 2.41. The topological polar surface area (TPSA) is 102 Å². The number of ketones is 1. The zero-order chi connectivity index (χ0) is 21.0. The molecular weight excluding hydrogens is 392 g/mol. The van der Waals surface area contributed by atoms with Crippen molar-refractivity contribution in [3.8, 4) is 5.75 Å². The number of nitrogens with one attached hydrogen (secondary N) is 1. The third kappa shape index (κ3) is 4.67. The molecule has 1 N–H and O–H groups in total. The SMILES string of the molecule is CCc1ccc(/C=c2\s/c(=C\C(=O)c3ccc(OC)cc3)[nH]c2=O)cc1[N+](=O)[O-]. The van der Waals surface area contributed by atoms with Crippen molar-refractivity contribution in [2.45, 2.75) is 13.3 Å². The van der Waals surface area contributed by atoms with E-state index in [1.165, 1.54) is 12.1 Å². The van der Waals surface area contributed by atoms with Gasteiger partial charge in [0.15, 0.2) is 5.78 Å². The molecule has 0 saturated heterocycles. The molecule has 8 heteroatoms. The average molecular weight is 410 g/mol. The van der Waals surface area contributed by atoms with Gasteiger partial charge in [-0.25, -0.2) is 0 Å². The summed E-state index contributed by atoms with van der Waals surface area (Å²) in [6.45, 7) is 1.84. The highest BCUT2D eigenvalue weighted by Gasteiger charge is 2.12. The fraction of sp³-hybridized carbons (Fsp3) is 0.143. The number of methoxy groups -OCH3 is 1. The van der Waals surface area contributed by atoms with Gasteiger partial charge in [-0.05, 0) is 42.3 Å². The number of hydrogen-bond acceptors (Lipinski definition) is 6. The second-order valence-corrected chi connectivity index (χ2v) is 7.25. The summed E-state index contributed by atoms with van der Waals surface area (Å²) in [5.74, 6) is 0.394. The number of aromatic nitrogens is 1. The maximum atomic E-state index is 12.4. The van der Waals surface area contributed by atoms with Crippen LogP contribution in [0, 0.1) is 10.1 Å². The largest absolute Gasteiger partial charge is 0.497 e. The van der Waals surface area contributed by atoms with Crippen molar-refractivity contribution < 1.29 is 14.5 Å². The summed E-state index contributed by atoms with van der Waals surface area (Å²) in [6.07, 6.45) is 3.47. The van der Waals surface area contributed by atoms with Crippen molar-refractivity contribution in [3.63, 3.8) is 0 Å².